The lowest BCUT2D eigenvalue weighted by Crippen LogP contribution is -2.67. The first kappa shape index (κ1) is 18.9. The molecule has 2 saturated heterocycles. The van der Waals surface area contributed by atoms with Gasteiger partial charge in [0.2, 0.25) is 18.5 Å². The molecule has 0 radical (unpaired) electrons. The zero-order valence-electron chi connectivity index (χ0n) is 15.6. The van der Waals surface area contributed by atoms with Crippen LogP contribution in [0.1, 0.15) is 24.5 Å². The van der Waals surface area contributed by atoms with Crippen LogP contribution in [0.4, 0.5) is 0 Å². The summed E-state index contributed by atoms with van der Waals surface area (Å²) in [6.07, 6.45) is -2.44. The molecule has 0 aliphatic carbocycles. The average Bonchev–Trinajstić information content (AvgIpc) is 3.19. The van der Waals surface area contributed by atoms with E-state index in [1.165, 1.54) is 13.2 Å². The van der Waals surface area contributed by atoms with Crippen molar-refractivity contribution in [2.45, 2.75) is 50.8 Å². The van der Waals surface area contributed by atoms with Gasteiger partial charge < -0.3 is 33.8 Å². The van der Waals surface area contributed by atoms with E-state index in [1.54, 1.807) is 18.2 Å². The standard InChI is InChI=1S/C20H23NO7/c1-11-5-3-6-13(9-11)26-20-16(21-12(2)22)17(23)18-15(27-20)10-25-19(28-18)14-7-4-8-24-14/h3-9,15-20,23H,10H2,1-2H3,(H,21,22)/t15-,16-,17+,18+,19+,20+/m1/s1. The first-order chi connectivity index (χ1) is 13.5. The van der Waals surface area contributed by atoms with Gasteiger partial charge in [-0.05, 0) is 36.8 Å². The summed E-state index contributed by atoms with van der Waals surface area (Å²) in [4.78, 5) is 11.7. The van der Waals surface area contributed by atoms with Crippen molar-refractivity contribution in [2.75, 3.05) is 6.61 Å². The molecule has 0 saturated carbocycles. The molecule has 0 spiro atoms. The first-order valence-electron chi connectivity index (χ1n) is 9.15. The van der Waals surface area contributed by atoms with Crippen molar-refractivity contribution >= 4 is 5.91 Å². The maximum absolute atomic E-state index is 11.7. The highest BCUT2D eigenvalue weighted by molar-refractivity contribution is 5.73. The van der Waals surface area contributed by atoms with Crippen LogP contribution in [0.25, 0.3) is 0 Å². The summed E-state index contributed by atoms with van der Waals surface area (Å²) in [5.74, 6) is 0.774. The Morgan fingerprint density at radius 1 is 1.25 bits per heavy atom. The van der Waals surface area contributed by atoms with Crippen LogP contribution in [0.3, 0.4) is 0 Å². The number of ether oxygens (including phenoxy) is 4. The number of carbonyl (C=O) groups is 1. The summed E-state index contributed by atoms with van der Waals surface area (Å²) in [5.41, 5.74) is 1.02. The van der Waals surface area contributed by atoms with Crippen LogP contribution < -0.4 is 10.1 Å². The second-order valence-corrected chi connectivity index (χ2v) is 6.98. The lowest BCUT2D eigenvalue weighted by Gasteiger charge is -2.47. The highest BCUT2D eigenvalue weighted by atomic mass is 16.8. The summed E-state index contributed by atoms with van der Waals surface area (Å²) in [5, 5.41) is 13.7. The molecule has 8 nitrogen and oxygen atoms in total. The van der Waals surface area contributed by atoms with Crippen LogP contribution in [0, 0.1) is 6.92 Å². The Bertz CT molecular complexity index is 809. The minimum Gasteiger partial charge on any atom is -0.464 e. The predicted molar refractivity (Wildman–Crippen MR) is 96.4 cm³/mol. The van der Waals surface area contributed by atoms with Gasteiger partial charge in [-0.15, -0.1) is 0 Å². The van der Waals surface area contributed by atoms with Gasteiger partial charge in [0.1, 0.15) is 30.1 Å². The van der Waals surface area contributed by atoms with Gasteiger partial charge in [-0.3, -0.25) is 4.79 Å². The van der Waals surface area contributed by atoms with Gasteiger partial charge in [0, 0.05) is 6.92 Å². The predicted octanol–water partition coefficient (Wildman–Crippen LogP) is 1.67. The molecule has 2 aliphatic heterocycles. The fourth-order valence-electron chi connectivity index (χ4n) is 3.47. The lowest BCUT2D eigenvalue weighted by molar-refractivity contribution is -0.336. The van der Waals surface area contributed by atoms with Crippen molar-refractivity contribution < 1.29 is 33.3 Å². The second-order valence-electron chi connectivity index (χ2n) is 6.98. The molecule has 2 aliphatic rings. The Kier molecular flexibility index (Phi) is 5.36. The van der Waals surface area contributed by atoms with E-state index in [1.807, 2.05) is 25.1 Å². The molecule has 0 bridgehead atoms. The number of aliphatic hydroxyl groups is 1. The van der Waals surface area contributed by atoms with Crippen molar-refractivity contribution in [2.24, 2.45) is 0 Å². The van der Waals surface area contributed by atoms with E-state index >= 15 is 0 Å². The summed E-state index contributed by atoms with van der Waals surface area (Å²) in [6.45, 7) is 3.51. The molecule has 8 heteroatoms. The SMILES string of the molecule is CC(=O)N[C@H]1[C@@H](Oc2cccc(C)c2)O[C@@H]2CO[C@H](c3ccco3)O[C@@H]2[C@H]1O. The van der Waals surface area contributed by atoms with E-state index < -0.39 is 36.9 Å². The Labute approximate surface area is 162 Å². The van der Waals surface area contributed by atoms with Crippen molar-refractivity contribution in [3.63, 3.8) is 0 Å². The van der Waals surface area contributed by atoms with E-state index in [9.17, 15) is 9.90 Å². The minimum absolute atomic E-state index is 0.188. The van der Waals surface area contributed by atoms with Gasteiger partial charge in [-0.1, -0.05) is 12.1 Å². The molecule has 0 unspecified atom stereocenters. The highest BCUT2D eigenvalue weighted by Gasteiger charge is 2.51. The number of nitrogens with one attached hydrogen (secondary N) is 1. The number of amides is 1. The molecule has 2 N–H and O–H groups in total. The third kappa shape index (κ3) is 3.90. The van der Waals surface area contributed by atoms with E-state index in [4.69, 9.17) is 23.4 Å². The largest absolute Gasteiger partial charge is 0.464 e. The molecule has 2 aromatic rings. The normalized spacial score (nSPS) is 32.4. The lowest BCUT2D eigenvalue weighted by atomic mass is 9.96. The van der Waals surface area contributed by atoms with Crippen molar-refractivity contribution in [1.29, 1.82) is 0 Å². The zero-order valence-corrected chi connectivity index (χ0v) is 15.6. The number of carbonyl (C=O) groups excluding carboxylic acids is 1. The van der Waals surface area contributed by atoms with Crippen LogP contribution in [0.15, 0.2) is 47.1 Å². The highest BCUT2D eigenvalue weighted by Crippen LogP contribution is 2.35. The molecule has 28 heavy (non-hydrogen) atoms. The average molecular weight is 389 g/mol. The van der Waals surface area contributed by atoms with Crippen LogP contribution in [-0.4, -0.2) is 48.3 Å². The number of aliphatic hydroxyl groups excluding tert-OH is 1. The van der Waals surface area contributed by atoms with Gasteiger partial charge in [-0.25, -0.2) is 0 Å². The van der Waals surface area contributed by atoms with Crippen LogP contribution in [0.2, 0.25) is 0 Å². The topological polar surface area (TPSA) is 99.4 Å². The van der Waals surface area contributed by atoms with Gasteiger partial charge in [0.25, 0.3) is 0 Å². The van der Waals surface area contributed by atoms with Crippen molar-refractivity contribution in [3.05, 3.63) is 54.0 Å². The zero-order chi connectivity index (χ0) is 19.7. The summed E-state index contributed by atoms with van der Waals surface area (Å²) < 4.78 is 28.8. The minimum atomic E-state index is -1.06. The monoisotopic (exact) mass is 389 g/mol. The first-order valence-corrected chi connectivity index (χ1v) is 9.15. The fourth-order valence-corrected chi connectivity index (χ4v) is 3.47. The maximum atomic E-state index is 11.7. The molecule has 2 fully saturated rings. The quantitative estimate of drug-likeness (QED) is 0.821. The van der Waals surface area contributed by atoms with E-state index in [0.717, 1.165) is 5.56 Å². The number of hydrogen-bond acceptors (Lipinski definition) is 7. The van der Waals surface area contributed by atoms with Gasteiger partial charge in [0.05, 0.1) is 12.9 Å². The van der Waals surface area contributed by atoms with Gasteiger partial charge >= 0.3 is 0 Å². The molecule has 3 heterocycles. The van der Waals surface area contributed by atoms with Gasteiger partial charge in [0.15, 0.2) is 5.76 Å². The summed E-state index contributed by atoms with van der Waals surface area (Å²) in [7, 11) is 0. The van der Waals surface area contributed by atoms with Crippen LogP contribution >= 0.6 is 0 Å². The van der Waals surface area contributed by atoms with E-state index in [-0.39, 0.29) is 12.5 Å². The Morgan fingerprint density at radius 2 is 2.11 bits per heavy atom. The third-order valence-corrected chi connectivity index (χ3v) is 4.75. The summed E-state index contributed by atoms with van der Waals surface area (Å²) in [6, 6.07) is 10.1. The molecular formula is C20H23NO7. The molecule has 4 rings (SSSR count). The second kappa shape index (κ2) is 7.92. The molecule has 1 aromatic heterocycles. The molecule has 1 aromatic carbocycles. The van der Waals surface area contributed by atoms with Gasteiger partial charge in [-0.2, -0.15) is 0 Å². The number of fused-ring (bicyclic) bond motifs is 1. The van der Waals surface area contributed by atoms with Crippen LogP contribution in [-0.2, 0) is 19.0 Å². The number of aryl methyl sites for hydroxylation is 1. The Balaban J connectivity index is 1.54. The van der Waals surface area contributed by atoms with E-state index in [0.29, 0.717) is 11.5 Å². The van der Waals surface area contributed by atoms with Crippen LogP contribution in [0.5, 0.6) is 5.75 Å². The maximum Gasteiger partial charge on any atom is 0.223 e. The van der Waals surface area contributed by atoms with Crippen molar-refractivity contribution in [1.82, 2.24) is 5.32 Å². The molecule has 1 amide bonds. The third-order valence-electron chi connectivity index (χ3n) is 4.75. The van der Waals surface area contributed by atoms with E-state index in [2.05, 4.69) is 5.32 Å². The fraction of sp³-hybridized carbons (Fsp3) is 0.450. The molecule has 150 valence electrons. The number of rotatable bonds is 4. The number of benzene rings is 1. The Hall–Kier alpha value is -2.39. The molecule has 6 atom stereocenters. The molecular weight excluding hydrogens is 366 g/mol. The van der Waals surface area contributed by atoms with Crippen molar-refractivity contribution in [3.8, 4) is 5.75 Å². The summed E-state index contributed by atoms with van der Waals surface area (Å²) >= 11 is 0. The number of furan rings is 1. The Morgan fingerprint density at radius 3 is 2.82 bits per heavy atom. The number of hydrogen-bond donors (Lipinski definition) is 2. The smallest absolute Gasteiger partial charge is 0.223 e.